The van der Waals surface area contributed by atoms with Crippen LogP contribution in [-0.4, -0.2) is 38.3 Å². The fraction of sp³-hybridized carbons (Fsp3) is 0.357. The summed E-state index contributed by atoms with van der Waals surface area (Å²) in [7, 11) is 0. The van der Waals surface area contributed by atoms with Crippen molar-refractivity contribution < 1.29 is 4.79 Å². The number of nitrogens with one attached hydrogen (secondary N) is 4. The van der Waals surface area contributed by atoms with E-state index in [1.165, 1.54) is 19.2 Å². The number of amides is 1. The molecule has 0 aliphatic heterocycles. The molecule has 1 amide bonds. The second kappa shape index (κ2) is 6.03. The van der Waals surface area contributed by atoms with Crippen molar-refractivity contribution in [2.45, 2.75) is 19.8 Å². The van der Waals surface area contributed by atoms with Crippen LogP contribution in [0.5, 0.6) is 0 Å². The lowest BCUT2D eigenvalue weighted by molar-refractivity contribution is -0.110. The van der Waals surface area contributed by atoms with Crippen LogP contribution in [-0.2, 0) is 4.79 Å². The van der Waals surface area contributed by atoms with Gasteiger partial charge in [0.2, 0.25) is 0 Å². The maximum Gasteiger partial charge on any atom is 0.275 e. The third kappa shape index (κ3) is 3.44. The molecule has 0 bridgehead atoms. The first kappa shape index (κ1) is 14.9. The van der Waals surface area contributed by atoms with E-state index in [4.69, 9.17) is 11.1 Å². The molecule has 9 nitrogen and oxygen atoms in total. The smallest absolute Gasteiger partial charge is 0.275 e. The number of nitrogen functional groups attached to an aromatic ring is 1. The zero-order valence-corrected chi connectivity index (χ0v) is 12.7. The van der Waals surface area contributed by atoms with Gasteiger partial charge in [-0.3, -0.25) is 15.3 Å². The number of hydrogen-bond donors (Lipinski definition) is 5. The number of carbonyl (C=O) groups excluding carboxylic acids is 1. The summed E-state index contributed by atoms with van der Waals surface area (Å²) >= 11 is 0. The minimum atomic E-state index is -0.618. The first-order valence-corrected chi connectivity index (χ1v) is 7.31. The highest BCUT2D eigenvalue weighted by Crippen LogP contribution is 2.29. The van der Waals surface area contributed by atoms with Crippen LogP contribution in [0.3, 0.4) is 0 Å². The summed E-state index contributed by atoms with van der Waals surface area (Å²) in [6.07, 6.45) is 3.68. The molecule has 0 saturated heterocycles. The maximum absolute atomic E-state index is 12.2. The third-order valence-corrected chi connectivity index (χ3v) is 3.56. The van der Waals surface area contributed by atoms with Gasteiger partial charge in [0.05, 0.1) is 5.56 Å². The van der Waals surface area contributed by atoms with Crippen molar-refractivity contribution in [3.63, 3.8) is 0 Å². The average Bonchev–Trinajstić information content (AvgIpc) is 3.26. The molecule has 0 unspecified atom stereocenters. The number of aromatic amines is 1. The van der Waals surface area contributed by atoms with Gasteiger partial charge in [0, 0.05) is 18.3 Å². The first-order chi connectivity index (χ1) is 11.0. The third-order valence-electron chi connectivity index (χ3n) is 3.56. The number of aryl methyl sites for hydroxylation is 1. The van der Waals surface area contributed by atoms with Gasteiger partial charge in [-0.15, -0.1) is 0 Å². The van der Waals surface area contributed by atoms with E-state index in [9.17, 15) is 4.79 Å². The summed E-state index contributed by atoms with van der Waals surface area (Å²) in [6, 6.07) is 1.67. The zero-order chi connectivity index (χ0) is 16.4. The van der Waals surface area contributed by atoms with E-state index in [-0.39, 0.29) is 17.1 Å². The Bertz CT molecular complexity index is 749. The lowest BCUT2D eigenvalue weighted by Gasteiger charge is -2.12. The number of carbonyl (C=O) groups is 1. The van der Waals surface area contributed by atoms with Crippen molar-refractivity contribution in [1.82, 2.24) is 20.2 Å². The number of hydrogen-bond acceptors (Lipinski definition) is 7. The second-order valence-electron chi connectivity index (χ2n) is 5.57. The molecule has 120 valence electrons. The SMILES string of the molecule is Cc1cc(NC(=O)C(=N)c2c(N)ncnc2NCC2CC2)n[nH]1. The fourth-order valence-electron chi connectivity index (χ4n) is 2.12. The minimum absolute atomic E-state index is 0.0941. The molecule has 3 rings (SSSR count). The van der Waals surface area contributed by atoms with Gasteiger partial charge in [-0.05, 0) is 25.7 Å². The highest BCUT2D eigenvalue weighted by Gasteiger charge is 2.24. The Hall–Kier alpha value is -2.97. The monoisotopic (exact) mass is 314 g/mol. The van der Waals surface area contributed by atoms with Crippen LogP contribution in [0.4, 0.5) is 17.5 Å². The van der Waals surface area contributed by atoms with Crippen molar-refractivity contribution >= 4 is 29.1 Å². The molecular weight excluding hydrogens is 296 g/mol. The predicted octanol–water partition coefficient (Wildman–Crippen LogP) is 0.919. The summed E-state index contributed by atoms with van der Waals surface area (Å²) in [5.41, 5.74) is 6.56. The Labute approximate surface area is 132 Å². The Morgan fingerprint density at radius 2 is 2.26 bits per heavy atom. The van der Waals surface area contributed by atoms with Gasteiger partial charge in [0.25, 0.3) is 5.91 Å². The Balaban J connectivity index is 1.78. The Morgan fingerprint density at radius 3 is 2.91 bits per heavy atom. The molecule has 0 aromatic carbocycles. The molecule has 23 heavy (non-hydrogen) atoms. The van der Waals surface area contributed by atoms with E-state index >= 15 is 0 Å². The zero-order valence-electron chi connectivity index (χ0n) is 12.7. The van der Waals surface area contributed by atoms with Crippen LogP contribution in [0.15, 0.2) is 12.4 Å². The molecule has 6 N–H and O–H groups in total. The average molecular weight is 314 g/mol. The quantitative estimate of drug-likeness (QED) is 0.501. The van der Waals surface area contributed by atoms with Crippen molar-refractivity contribution in [3.05, 3.63) is 23.7 Å². The van der Waals surface area contributed by atoms with E-state index in [1.54, 1.807) is 6.07 Å². The normalized spacial score (nSPS) is 13.6. The molecule has 0 radical (unpaired) electrons. The molecular formula is C14H18N8O. The van der Waals surface area contributed by atoms with Crippen LogP contribution in [0.1, 0.15) is 24.1 Å². The summed E-state index contributed by atoms with van der Waals surface area (Å²) in [5, 5.41) is 20.4. The first-order valence-electron chi connectivity index (χ1n) is 7.31. The van der Waals surface area contributed by atoms with E-state index in [1.807, 2.05) is 6.92 Å². The van der Waals surface area contributed by atoms with E-state index in [2.05, 4.69) is 30.8 Å². The lowest BCUT2D eigenvalue weighted by atomic mass is 10.1. The number of aromatic nitrogens is 4. The summed E-state index contributed by atoms with van der Waals surface area (Å²) < 4.78 is 0. The fourth-order valence-corrected chi connectivity index (χ4v) is 2.12. The van der Waals surface area contributed by atoms with E-state index in [0.717, 1.165) is 12.2 Å². The summed E-state index contributed by atoms with van der Waals surface area (Å²) in [4.78, 5) is 20.2. The van der Waals surface area contributed by atoms with Crippen LogP contribution in [0.25, 0.3) is 0 Å². The van der Waals surface area contributed by atoms with Crippen molar-refractivity contribution in [2.24, 2.45) is 5.92 Å². The summed E-state index contributed by atoms with van der Waals surface area (Å²) in [6.45, 7) is 2.56. The molecule has 1 saturated carbocycles. The molecule has 1 fully saturated rings. The van der Waals surface area contributed by atoms with Gasteiger partial charge in [0.1, 0.15) is 23.7 Å². The van der Waals surface area contributed by atoms with Gasteiger partial charge in [0.15, 0.2) is 5.82 Å². The number of rotatable bonds is 6. The molecule has 0 atom stereocenters. The number of nitrogens with two attached hydrogens (primary N) is 1. The number of anilines is 3. The second-order valence-corrected chi connectivity index (χ2v) is 5.57. The minimum Gasteiger partial charge on any atom is -0.383 e. The summed E-state index contributed by atoms with van der Waals surface area (Å²) in [5.74, 6) is 0.848. The van der Waals surface area contributed by atoms with Crippen LogP contribution >= 0.6 is 0 Å². The van der Waals surface area contributed by atoms with Crippen LogP contribution in [0, 0.1) is 18.3 Å². The molecule has 2 aromatic heterocycles. The highest BCUT2D eigenvalue weighted by atomic mass is 16.1. The maximum atomic E-state index is 12.2. The van der Waals surface area contributed by atoms with Crippen molar-refractivity contribution in [1.29, 1.82) is 5.41 Å². The molecule has 1 aliphatic carbocycles. The van der Waals surface area contributed by atoms with Gasteiger partial charge in [-0.25, -0.2) is 9.97 Å². The number of nitrogens with zero attached hydrogens (tertiary/aromatic N) is 3. The number of H-pyrrole nitrogens is 1. The lowest BCUT2D eigenvalue weighted by Crippen LogP contribution is -2.26. The van der Waals surface area contributed by atoms with Gasteiger partial charge in [-0.2, -0.15) is 5.10 Å². The highest BCUT2D eigenvalue weighted by molar-refractivity contribution is 6.49. The standard InChI is InChI=1S/C14H18N8O/c1-7-4-9(22-21-7)20-14(23)11(15)10-12(16)18-6-19-13(10)17-5-8-2-3-8/h4,6,8,15H,2-3,5H2,1H3,(H3,16,17,18,19)(H2,20,21,22,23). The largest absolute Gasteiger partial charge is 0.383 e. The predicted molar refractivity (Wildman–Crippen MR) is 86.4 cm³/mol. The van der Waals surface area contributed by atoms with Crippen molar-refractivity contribution in [3.8, 4) is 0 Å². The Morgan fingerprint density at radius 1 is 1.48 bits per heavy atom. The molecule has 2 aromatic rings. The van der Waals surface area contributed by atoms with Crippen LogP contribution < -0.4 is 16.4 Å². The van der Waals surface area contributed by atoms with Crippen LogP contribution in [0.2, 0.25) is 0 Å². The van der Waals surface area contributed by atoms with Gasteiger partial charge in [-0.1, -0.05) is 0 Å². The molecule has 2 heterocycles. The van der Waals surface area contributed by atoms with Gasteiger partial charge < -0.3 is 16.4 Å². The topological polar surface area (TPSA) is 145 Å². The van der Waals surface area contributed by atoms with Crippen molar-refractivity contribution in [2.75, 3.05) is 22.9 Å². The van der Waals surface area contributed by atoms with E-state index < -0.39 is 5.91 Å². The molecule has 0 spiro atoms. The molecule has 1 aliphatic rings. The van der Waals surface area contributed by atoms with E-state index in [0.29, 0.717) is 17.6 Å². The van der Waals surface area contributed by atoms with Gasteiger partial charge >= 0.3 is 0 Å². The Kier molecular flexibility index (Phi) is 3.92. The molecule has 9 heteroatoms.